The Bertz CT molecular complexity index is 1380. The lowest BCUT2D eigenvalue weighted by Gasteiger charge is -2.45. The van der Waals surface area contributed by atoms with Gasteiger partial charge in [0.25, 0.3) is 0 Å². The third-order valence-electron chi connectivity index (χ3n) is 8.94. The first kappa shape index (κ1) is 29.0. The van der Waals surface area contributed by atoms with Gasteiger partial charge in [0.15, 0.2) is 0 Å². The number of ether oxygens (including phenoxy) is 2. The van der Waals surface area contributed by atoms with Gasteiger partial charge in [0, 0.05) is 62.4 Å². The molecular weight excluding hydrogens is 516 g/mol. The molecule has 2 aliphatic heterocycles. The standard InChI is InChI=1S/C32H42N6O3/c1-5-41-27-16-28(31-26(18-33)20-35-38(31)21-27)25-6-7-30(34-19-25)37-10-8-32(9-11-37,17-29(39)24(4)23(2)3)22-36-12-14-40-15-13-36/h6-7,16,19-21,23-24H,5,8-15,17,22H2,1-4H3. The number of hydrogen-bond donors (Lipinski definition) is 0. The zero-order chi connectivity index (χ0) is 29.0. The summed E-state index contributed by atoms with van der Waals surface area (Å²) in [6, 6.07) is 8.32. The van der Waals surface area contributed by atoms with Crippen LogP contribution in [0.3, 0.4) is 0 Å². The van der Waals surface area contributed by atoms with E-state index < -0.39 is 0 Å². The molecule has 0 aliphatic carbocycles. The topological polar surface area (TPSA) is 96.0 Å². The van der Waals surface area contributed by atoms with Gasteiger partial charge in [-0.1, -0.05) is 20.8 Å². The van der Waals surface area contributed by atoms with E-state index in [2.05, 4.69) is 53.9 Å². The number of Topliss-reactive ketones (excluding diaryl/α,β-unsaturated/α-hetero) is 1. The van der Waals surface area contributed by atoms with E-state index >= 15 is 0 Å². The van der Waals surface area contributed by atoms with Gasteiger partial charge in [0.05, 0.1) is 43.3 Å². The summed E-state index contributed by atoms with van der Waals surface area (Å²) in [5.74, 6) is 2.45. The van der Waals surface area contributed by atoms with Gasteiger partial charge in [0.1, 0.15) is 23.4 Å². The predicted octanol–water partition coefficient (Wildman–Crippen LogP) is 4.84. The number of nitriles is 1. The average molecular weight is 559 g/mol. The van der Waals surface area contributed by atoms with Gasteiger partial charge in [0.2, 0.25) is 0 Å². The number of rotatable bonds is 10. The number of morpholine rings is 1. The largest absolute Gasteiger partial charge is 0.492 e. The highest BCUT2D eigenvalue weighted by atomic mass is 16.5. The number of piperidine rings is 1. The van der Waals surface area contributed by atoms with Crippen molar-refractivity contribution < 1.29 is 14.3 Å². The second-order valence-corrected chi connectivity index (χ2v) is 11.9. The summed E-state index contributed by atoms with van der Waals surface area (Å²) in [5, 5.41) is 14.0. The fourth-order valence-corrected chi connectivity index (χ4v) is 6.11. The Hall–Kier alpha value is -3.48. The molecule has 9 nitrogen and oxygen atoms in total. The molecule has 3 aromatic heterocycles. The molecule has 5 heterocycles. The molecule has 2 saturated heterocycles. The Morgan fingerprint density at radius 1 is 1.15 bits per heavy atom. The number of pyridine rings is 2. The van der Waals surface area contributed by atoms with Gasteiger partial charge < -0.3 is 14.4 Å². The normalized spacial score (nSPS) is 18.4. The van der Waals surface area contributed by atoms with Gasteiger partial charge in [-0.25, -0.2) is 9.50 Å². The van der Waals surface area contributed by atoms with Crippen LogP contribution in [0.2, 0.25) is 0 Å². The summed E-state index contributed by atoms with van der Waals surface area (Å²) in [5.41, 5.74) is 3.02. The third kappa shape index (κ3) is 6.39. The van der Waals surface area contributed by atoms with Gasteiger partial charge in [-0.2, -0.15) is 10.4 Å². The first-order valence-corrected chi connectivity index (χ1v) is 14.9. The molecule has 0 aromatic carbocycles. The van der Waals surface area contributed by atoms with Crippen molar-refractivity contribution >= 4 is 17.1 Å². The van der Waals surface area contributed by atoms with E-state index in [0.717, 1.165) is 81.2 Å². The molecule has 0 bridgehead atoms. The molecule has 0 amide bonds. The zero-order valence-corrected chi connectivity index (χ0v) is 24.8. The van der Waals surface area contributed by atoms with Crippen LogP contribution < -0.4 is 9.64 Å². The molecule has 3 aromatic rings. The second-order valence-electron chi connectivity index (χ2n) is 11.9. The lowest BCUT2D eigenvalue weighted by Crippen LogP contribution is -2.50. The van der Waals surface area contributed by atoms with Crippen LogP contribution in [0.25, 0.3) is 16.6 Å². The maximum atomic E-state index is 13.3. The molecule has 5 rings (SSSR count). The Morgan fingerprint density at radius 3 is 2.54 bits per heavy atom. The molecule has 9 heteroatoms. The summed E-state index contributed by atoms with van der Waals surface area (Å²) < 4.78 is 13.0. The Labute approximate surface area is 243 Å². The molecule has 2 fully saturated rings. The van der Waals surface area contributed by atoms with Crippen LogP contribution in [0, 0.1) is 28.6 Å². The van der Waals surface area contributed by atoms with Crippen LogP contribution in [-0.2, 0) is 9.53 Å². The fourth-order valence-electron chi connectivity index (χ4n) is 6.11. The number of carbonyl (C=O) groups is 1. The lowest BCUT2D eigenvalue weighted by molar-refractivity contribution is -0.127. The number of anilines is 1. The molecule has 0 spiro atoms. The monoisotopic (exact) mass is 558 g/mol. The molecule has 0 saturated carbocycles. The second kappa shape index (κ2) is 12.6. The van der Waals surface area contributed by atoms with Crippen molar-refractivity contribution in [2.75, 3.05) is 57.4 Å². The van der Waals surface area contributed by atoms with E-state index in [1.54, 1.807) is 16.9 Å². The third-order valence-corrected chi connectivity index (χ3v) is 8.94. The van der Waals surface area contributed by atoms with E-state index in [4.69, 9.17) is 14.5 Å². The molecule has 1 unspecified atom stereocenters. The van der Waals surface area contributed by atoms with Crippen LogP contribution in [0.1, 0.15) is 52.5 Å². The van der Waals surface area contributed by atoms with Gasteiger partial charge in [-0.3, -0.25) is 9.69 Å². The zero-order valence-electron chi connectivity index (χ0n) is 24.8. The maximum Gasteiger partial charge on any atom is 0.138 e. The summed E-state index contributed by atoms with van der Waals surface area (Å²) in [6.45, 7) is 14.9. The molecule has 2 aliphatic rings. The van der Waals surface area contributed by atoms with Gasteiger partial charge in [-0.15, -0.1) is 0 Å². The summed E-state index contributed by atoms with van der Waals surface area (Å²) >= 11 is 0. The van der Waals surface area contributed by atoms with Crippen molar-refractivity contribution in [2.24, 2.45) is 17.3 Å². The van der Waals surface area contributed by atoms with E-state index in [-0.39, 0.29) is 11.3 Å². The minimum atomic E-state index is -0.0188. The first-order valence-electron chi connectivity index (χ1n) is 14.9. The summed E-state index contributed by atoms with van der Waals surface area (Å²) in [7, 11) is 0. The van der Waals surface area contributed by atoms with Crippen molar-refractivity contribution in [3.8, 4) is 22.9 Å². The van der Waals surface area contributed by atoms with E-state index in [1.807, 2.05) is 19.2 Å². The first-order chi connectivity index (χ1) is 19.8. The van der Waals surface area contributed by atoms with Crippen molar-refractivity contribution in [3.05, 3.63) is 42.4 Å². The Morgan fingerprint density at radius 2 is 1.90 bits per heavy atom. The van der Waals surface area contributed by atoms with E-state index in [0.29, 0.717) is 36.0 Å². The lowest BCUT2D eigenvalue weighted by atomic mass is 9.71. The quantitative estimate of drug-likeness (QED) is 0.349. The van der Waals surface area contributed by atoms with Crippen molar-refractivity contribution in [1.82, 2.24) is 19.5 Å². The number of ketones is 1. The van der Waals surface area contributed by atoms with Crippen molar-refractivity contribution in [1.29, 1.82) is 5.26 Å². The van der Waals surface area contributed by atoms with Crippen LogP contribution in [0.15, 0.2) is 36.8 Å². The molecule has 218 valence electrons. The van der Waals surface area contributed by atoms with Gasteiger partial charge in [-0.05, 0) is 49.3 Å². The molecule has 0 radical (unpaired) electrons. The van der Waals surface area contributed by atoms with Crippen LogP contribution in [-0.4, -0.2) is 77.8 Å². The number of nitrogens with zero attached hydrogens (tertiary/aromatic N) is 6. The number of aromatic nitrogens is 3. The fraction of sp³-hybridized carbons (Fsp3) is 0.562. The predicted molar refractivity (Wildman–Crippen MR) is 159 cm³/mol. The minimum absolute atomic E-state index is 0.0188. The number of carbonyl (C=O) groups excluding carboxylic acids is 1. The molecular formula is C32H42N6O3. The van der Waals surface area contributed by atoms with E-state index in [9.17, 15) is 10.1 Å². The summed E-state index contributed by atoms with van der Waals surface area (Å²) in [4.78, 5) is 23.0. The average Bonchev–Trinajstić information content (AvgIpc) is 3.40. The number of hydrogen-bond acceptors (Lipinski definition) is 8. The number of fused-ring (bicyclic) bond motifs is 1. The van der Waals surface area contributed by atoms with Crippen molar-refractivity contribution in [2.45, 2.75) is 47.0 Å². The highest BCUT2D eigenvalue weighted by molar-refractivity contribution is 5.85. The van der Waals surface area contributed by atoms with Crippen molar-refractivity contribution in [3.63, 3.8) is 0 Å². The molecule has 0 N–H and O–H groups in total. The van der Waals surface area contributed by atoms with Crippen LogP contribution in [0.5, 0.6) is 5.75 Å². The maximum absolute atomic E-state index is 13.3. The highest BCUT2D eigenvalue weighted by Gasteiger charge is 2.39. The highest BCUT2D eigenvalue weighted by Crippen LogP contribution is 2.39. The smallest absolute Gasteiger partial charge is 0.138 e. The summed E-state index contributed by atoms with van der Waals surface area (Å²) in [6.07, 6.45) is 7.82. The van der Waals surface area contributed by atoms with Gasteiger partial charge >= 0.3 is 0 Å². The Balaban J connectivity index is 1.34. The minimum Gasteiger partial charge on any atom is -0.492 e. The SMILES string of the molecule is CCOc1cc(-c2ccc(N3CCC(CC(=O)C(C)C(C)C)(CN4CCOCC4)CC3)nc2)c2c(C#N)cnn2c1. The van der Waals surface area contributed by atoms with E-state index in [1.165, 1.54) is 0 Å². The Kier molecular flexibility index (Phi) is 8.91. The molecule has 41 heavy (non-hydrogen) atoms. The van der Waals surface area contributed by atoms with Crippen LogP contribution >= 0.6 is 0 Å². The van der Waals surface area contributed by atoms with Crippen LogP contribution in [0.4, 0.5) is 5.82 Å². The molecule has 1 atom stereocenters.